The van der Waals surface area contributed by atoms with Crippen molar-refractivity contribution in [3.8, 4) is 0 Å². The minimum atomic E-state index is -3.91. The van der Waals surface area contributed by atoms with E-state index >= 15 is 0 Å². The van der Waals surface area contributed by atoms with Gasteiger partial charge < -0.3 is 10.2 Å². The maximum Gasteiger partial charge on any atom is 0.261 e. The Morgan fingerprint density at radius 3 is 2.52 bits per heavy atom. The molecular formula is C34H39FN4O5S2. The van der Waals surface area contributed by atoms with Crippen LogP contribution in [0.4, 0.5) is 10.1 Å². The molecule has 0 bridgehead atoms. The summed E-state index contributed by atoms with van der Waals surface area (Å²) in [6.07, 6.45) is 8.26. The van der Waals surface area contributed by atoms with Gasteiger partial charge in [0, 0.05) is 42.7 Å². The summed E-state index contributed by atoms with van der Waals surface area (Å²) in [6, 6.07) is 10.5. The Kier molecular flexibility index (Phi) is 11.4. The molecule has 4 rings (SSSR count). The molecule has 1 amide bonds. The number of benzene rings is 2. The smallest absolute Gasteiger partial charge is 0.261 e. The van der Waals surface area contributed by atoms with E-state index in [1.165, 1.54) is 36.4 Å². The molecule has 2 aromatic rings. The summed E-state index contributed by atoms with van der Waals surface area (Å²) in [5, 5.41) is 2.80. The number of sulfonamides is 1. The van der Waals surface area contributed by atoms with E-state index in [0.717, 1.165) is 67.5 Å². The van der Waals surface area contributed by atoms with Gasteiger partial charge >= 0.3 is 0 Å². The van der Waals surface area contributed by atoms with Gasteiger partial charge in [-0.1, -0.05) is 42.5 Å². The van der Waals surface area contributed by atoms with E-state index in [0.29, 0.717) is 17.7 Å². The van der Waals surface area contributed by atoms with Crippen molar-refractivity contribution in [1.29, 1.82) is 0 Å². The van der Waals surface area contributed by atoms with E-state index in [9.17, 15) is 27.2 Å². The molecule has 0 aromatic heterocycles. The highest BCUT2D eigenvalue weighted by Crippen LogP contribution is 2.43. The van der Waals surface area contributed by atoms with Gasteiger partial charge in [-0.15, -0.1) is 0 Å². The van der Waals surface area contributed by atoms with Gasteiger partial charge in [-0.05, 0) is 82.1 Å². The monoisotopic (exact) mass is 666 g/mol. The van der Waals surface area contributed by atoms with Crippen molar-refractivity contribution in [1.82, 2.24) is 10.2 Å². The molecule has 2 aromatic carbocycles. The fraction of sp³-hybridized carbons (Fsp3) is 0.353. The van der Waals surface area contributed by atoms with E-state index in [2.05, 4.69) is 26.5 Å². The van der Waals surface area contributed by atoms with Gasteiger partial charge in [0.2, 0.25) is 5.12 Å². The Bertz CT molecular complexity index is 1680. The van der Waals surface area contributed by atoms with Crippen LogP contribution in [0, 0.1) is 11.7 Å². The molecule has 2 unspecified atom stereocenters. The van der Waals surface area contributed by atoms with Crippen LogP contribution in [-0.2, 0) is 19.6 Å². The van der Waals surface area contributed by atoms with Crippen LogP contribution < -0.4 is 10.0 Å². The Labute approximate surface area is 274 Å². The average molecular weight is 667 g/mol. The highest BCUT2D eigenvalue weighted by Gasteiger charge is 2.49. The number of anilines is 1. The van der Waals surface area contributed by atoms with E-state index in [1.807, 2.05) is 26.1 Å². The lowest BCUT2D eigenvalue weighted by Crippen LogP contribution is -2.29. The first-order chi connectivity index (χ1) is 21.8. The number of hydrogen-bond acceptors (Lipinski definition) is 8. The molecule has 1 saturated heterocycles. The largest absolute Gasteiger partial charge is 0.375 e. The number of halogens is 1. The van der Waals surface area contributed by atoms with Crippen LogP contribution >= 0.6 is 11.8 Å². The van der Waals surface area contributed by atoms with Crippen LogP contribution in [0.2, 0.25) is 0 Å². The molecule has 0 saturated carbocycles. The minimum absolute atomic E-state index is 0.0404. The Morgan fingerprint density at radius 1 is 1.15 bits per heavy atom. The van der Waals surface area contributed by atoms with Gasteiger partial charge in [0.05, 0.1) is 27.8 Å². The number of hydrogen-bond donors (Lipinski definition) is 2. The van der Waals surface area contributed by atoms with Gasteiger partial charge in [-0.3, -0.25) is 24.1 Å². The van der Waals surface area contributed by atoms with Crippen LogP contribution in [0.5, 0.6) is 0 Å². The third kappa shape index (κ3) is 9.03. The third-order valence-corrected chi connectivity index (χ3v) is 10.4. The zero-order valence-corrected chi connectivity index (χ0v) is 27.8. The van der Waals surface area contributed by atoms with Crippen molar-refractivity contribution >= 4 is 50.0 Å². The summed E-state index contributed by atoms with van der Waals surface area (Å²) in [7, 11) is -3.91. The summed E-state index contributed by atoms with van der Waals surface area (Å²) in [6.45, 7) is 11.0. The number of nitrogens with one attached hydrogen (secondary N) is 2. The molecule has 2 atom stereocenters. The molecule has 0 spiro atoms. The quantitative estimate of drug-likeness (QED) is 0.155. The lowest BCUT2D eigenvalue weighted by Gasteiger charge is -2.20. The minimum Gasteiger partial charge on any atom is -0.375 e. The lowest BCUT2D eigenvalue weighted by atomic mass is 9.89. The summed E-state index contributed by atoms with van der Waals surface area (Å²) >= 11 is 1.11. The second-order valence-corrected chi connectivity index (χ2v) is 14.7. The molecule has 12 heteroatoms. The van der Waals surface area contributed by atoms with Crippen molar-refractivity contribution in [3.05, 3.63) is 96.1 Å². The SMILES string of the molecule is C=CC(C)=CC1(C)SC(=O)C(CCCCN2C=C(CNC(=O)c3ccc(NS(=O)(=O)c4ccc(F)cc4)cc3)N=C(C)CC2)C1=O. The maximum absolute atomic E-state index is 13.2. The van der Waals surface area contributed by atoms with Crippen LogP contribution in [-0.4, -0.2) is 60.2 Å². The zero-order valence-electron chi connectivity index (χ0n) is 26.2. The number of carbonyl (C=O) groups excluding carboxylic acids is 3. The predicted molar refractivity (Wildman–Crippen MR) is 181 cm³/mol. The van der Waals surface area contributed by atoms with E-state index in [1.54, 1.807) is 13.0 Å². The lowest BCUT2D eigenvalue weighted by molar-refractivity contribution is -0.127. The number of thioether (sulfide) groups is 1. The first-order valence-electron chi connectivity index (χ1n) is 15.0. The van der Waals surface area contributed by atoms with Gasteiger partial charge in [0.25, 0.3) is 15.9 Å². The summed E-state index contributed by atoms with van der Waals surface area (Å²) in [5.41, 5.74) is 3.12. The van der Waals surface area contributed by atoms with E-state index in [-0.39, 0.29) is 33.9 Å². The van der Waals surface area contributed by atoms with Gasteiger partial charge in [0.15, 0.2) is 5.78 Å². The number of ketones is 1. The molecule has 1 fully saturated rings. The molecule has 46 heavy (non-hydrogen) atoms. The molecule has 2 aliphatic heterocycles. The van der Waals surface area contributed by atoms with Crippen LogP contribution in [0.3, 0.4) is 0 Å². The van der Waals surface area contributed by atoms with Gasteiger partial charge in [0.1, 0.15) is 5.82 Å². The molecular weight excluding hydrogens is 628 g/mol. The van der Waals surface area contributed by atoms with Gasteiger partial charge in [-0.2, -0.15) is 0 Å². The Morgan fingerprint density at radius 2 is 1.85 bits per heavy atom. The number of allylic oxidation sites excluding steroid dienone is 2. The predicted octanol–water partition coefficient (Wildman–Crippen LogP) is 5.88. The number of carbonyl (C=O) groups is 3. The normalized spacial score (nSPS) is 20.6. The molecule has 244 valence electrons. The maximum atomic E-state index is 13.2. The topological polar surface area (TPSA) is 125 Å². The Hall–Kier alpha value is -4.03. The zero-order chi connectivity index (χ0) is 33.5. The third-order valence-electron chi connectivity index (χ3n) is 7.80. The van der Waals surface area contributed by atoms with Crippen molar-refractivity contribution in [2.45, 2.75) is 56.1 Å². The highest BCUT2D eigenvalue weighted by atomic mass is 32.2. The number of rotatable bonds is 13. The fourth-order valence-electron chi connectivity index (χ4n) is 5.25. The number of nitrogens with zero attached hydrogens (tertiary/aromatic N) is 2. The number of Topliss-reactive ketones (excluding diaryl/α,β-unsaturated/α-hetero) is 1. The van der Waals surface area contributed by atoms with Crippen molar-refractivity contribution in [3.63, 3.8) is 0 Å². The first-order valence-corrected chi connectivity index (χ1v) is 17.3. The highest BCUT2D eigenvalue weighted by molar-refractivity contribution is 8.16. The number of aliphatic imine (C=N–C) groups is 1. The second-order valence-electron chi connectivity index (χ2n) is 11.6. The Balaban J connectivity index is 1.28. The van der Waals surface area contributed by atoms with Gasteiger partial charge in [-0.25, -0.2) is 12.8 Å². The summed E-state index contributed by atoms with van der Waals surface area (Å²) < 4.78 is 39.9. The second kappa shape index (κ2) is 15.0. The van der Waals surface area contributed by atoms with Crippen LogP contribution in [0.15, 0.2) is 94.6 Å². The fourth-order valence-corrected chi connectivity index (χ4v) is 7.58. The number of amides is 1. The van der Waals surface area contributed by atoms with Crippen molar-refractivity contribution < 1.29 is 27.2 Å². The standard InChI is InChI=1S/C34H39FN4O5S2/c1-5-23(2)20-34(4)31(40)30(33(42)45-34)8-6-7-18-39-19-17-24(3)37-28(22-39)21-36-32(41)25-9-13-27(14-10-25)38-46(43,44)29-15-11-26(35)12-16-29/h5,9-16,20,22,30,38H,1,6-8,17-19,21H2,2-4H3,(H,36,41). The molecule has 2 N–H and O–H groups in total. The first kappa shape index (κ1) is 34.8. The molecule has 2 aliphatic rings. The van der Waals surface area contributed by atoms with E-state index < -0.39 is 26.5 Å². The molecule has 0 radical (unpaired) electrons. The summed E-state index contributed by atoms with van der Waals surface area (Å²) in [5.74, 6) is -1.51. The summed E-state index contributed by atoms with van der Waals surface area (Å²) in [4.78, 5) is 45.3. The van der Waals surface area contributed by atoms with Crippen LogP contribution in [0.25, 0.3) is 0 Å². The van der Waals surface area contributed by atoms with Crippen molar-refractivity contribution in [2.75, 3.05) is 24.4 Å². The van der Waals surface area contributed by atoms with Crippen molar-refractivity contribution in [2.24, 2.45) is 10.9 Å². The average Bonchev–Trinajstić information content (AvgIpc) is 3.11. The van der Waals surface area contributed by atoms with E-state index in [4.69, 9.17) is 0 Å². The molecule has 0 aliphatic carbocycles. The molecule has 2 heterocycles. The van der Waals surface area contributed by atoms with Crippen LogP contribution in [0.1, 0.15) is 56.8 Å². The molecule has 9 nitrogen and oxygen atoms in total. The number of unbranched alkanes of at least 4 members (excludes halogenated alkanes) is 1.